The largest absolute Gasteiger partial charge is 0.504 e. The molecule has 3 N–H and O–H groups in total. The number of aromatic hydroxyl groups is 1. The smallest absolute Gasteiger partial charge is 0.248 e. The molecule has 0 aromatic heterocycles. The lowest BCUT2D eigenvalue weighted by atomic mass is 10.3. The lowest BCUT2D eigenvalue weighted by molar-refractivity contribution is 0.430. The third-order valence-electron chi connectivity index (χ3n) is 2.42. The molecule has 0 saturated carbocycles. The molecule has 0 aliphatic carbocycles. The van der Waals surface area contributed by atoms with Crippen LogP contribution in [0, 0.1) is 0 Å². The second kappa shape index (κ2) is 5.12. The molecule has 0 unspecified atom stereocenters. The number of hydrogen-bond acceptors (Lipinski definition) is 4. The van der Waals surface area contributed by atoms with Crippen LogP contribution < -0.4 is 5.73 Å². The molecule has 5 nitrogen and oxygen atoms in total. The Balaban J connectivity index is 3.48. The van der Waals surface area contributed by atoms with Crippen LogP contribution in [0.5, 0.6) is 5.75 Å². The predicted molar refractivity (Wildman–Crippen MR) is 67.6 cm³/mol. The molecule has 0 spiro atoms. The minimum absolute atomic E-state index is 0.0138. The van der Waals surface area contributed by atoms with Crippen LogP contribution in [0.15, 0.2) is 17.0 Å². The Hall–Kier alpha value is -0.980. The van der Waals surface area contributed by atoms with Gasteiger partial charge in [0.25, 0.3) is 0 Å². The summed E-state index contributed by atoms with van der Waals surface area (Å²) in [4.78, 5) is -0.331. The van der Waals surface area contributed by atoms with E-state index in [9.17, 15) is 13.5 Å². The normalized spacial score (nSPS) is 12.0. The van der Waals surface area contributed by atoms with E-state index in [-0.39, 0.29) is 15.6 Å². The van der Waals surface area contributed by atoms with Crippen molar-refractivity contribution in [2.75, 3.05) is 18.8 Å². The van der Waals surface area contributed by atoms with E-state index < -0.39 is 15.8 Å². The quantitative estimate of drug-likeness (QED) is 0.648. The van der Waals surface area contributed by atoms with Gasteiger partial charge in [0, 0.05) is 13.1 Å². The molecule has 0 bridgehead atoms. The molecule has 1 rings (SSSR count). The number of rotatable bonds is 4. The minimum atomic E-state index is -3.81. The fraction of sp³-hybridized carbons (Fsp3) is 0.400. The molecule has 0 aliphatic heterocycles. The van der Waals surface area contributed by atoms with Crippen LogP contribution in [0.4, 0.5) is 5.69 Å². The zero-order valence-electron chi connectivity index (χ0n) is 9.64. The van der Waals surface area contributed by atoms with Crippen LogP contribution in [0.1, 0.15) is 13.8 Å². The molecule has 7 heteroatoms. The number of phenols is 1. The fourth-order valence-electron chi connectivity index (χ4n) is 1.50. The number of sulfonamides is 1. The van der Waals surface area contributed by atoms with Crippen LogP contribution in [-0.2, 0) is 10.0 Å². The maximum atomic E-state index is 12.2. The van der Waals surface area contributed by atoms with Crippen molar-refractivity contribution in [2.45, 2.75) is 18.7 Å². The van der Waals surface area contributed by atoms with Gasteiger partial charge in [-0.1, -0.05) is 25.4 Å². The zero-order valence-corrected chi connectivity index (χ0v) is 11.2. The molecule has 0 heterocycles. The molecular formula is C10H15ClN2O3S. The highest BCUT2D eigenvalue weighted by molar-refractivity contribution is 7.89. The Bertz CT molecular complexity index is 513. The average molecular weight is 279 g/mol. The van der Waals surface area contributed by atoms with E-state index in [0.29, 0.717) is 13.1 Å². The predicted octanol–water partition coefficient (Wildman–Crippen LogP) is 1.66. The van der Waals surface area contributed by atoms with Crippen molar-refractivity contribution in [3.8, 4) is 5.75 Å². The molecule has 96 valence electrons. The van der Waals surface area contributed by atoms with Gasteiger partial charge in [-0.2, -0.15) is 4.31 Å². The van der Waals surface area contributed by atoms with Crippen molar-refractivity contribution in [1.82, 2.24) is 4.31 Å². The highest BCUT2D eigenvalue weighted by Crippen LogP contribution is 2.36. The number of nitrogens with two attached hydrogens (primary N) is 1. The zero-order chi connectivity index (χ0) is 13.2. The second-order valence-corrected chi connectivity index (χ2v) is 5.69. The van der Waals surface area contributed by atoms with E-state index in [4.69, 9.17) is 17.3 Å². The van der Waals surface area contributed by atoms with Crippen molar-refractivity contribution in [3.63, 3.8) is 0 Å². The van der Waals surface area contributed by atoms with Gasteiger partial charge in [-0.05, 0) is 12.1 Å². The molecule has 0 fully saturated rings. The summed E-state index contributed by atoms with van der Waals surface area (Å²) in [7, 11) is -3.81. The Morgan fingerprint density at radius 1 is 1.35 bits per heavy atom. The number of halogens is 1. The maximum absolute atomic E-state index is 12.2. The summed E-state index contributed by atoms with van der Waals surface area (Å²) in [6.07, 6.45) is 0. The van der Waals surface area contributed by atoms with E-state index in [1.165, 1.54) is 16.4 Å². The van der Waals surface area contributed by atoms with Crippen molar-refractivity contribution >= 4 is 27.3 Å². The first kappa shape index (κ1) is 14.1. The van der Waals surface area contributed by atoms with Crippen molar-refractivity contribution in [2.24, 2.45) is 0 Å². The van der Waals surface area contributed by atoms with E-state index in [1.54, 1.807) is 13.8 Å². The van der Waals surface area contributed by atoms with Crippen LogP contribution >= 0.6 is 11.6 Å². The van der Waals surface area contributed by atoms with Gasteiger partial charge >= 0.3 is 0 Å². The SMILES string of the molecule is CCN(CC)S(=O)(=O)c1c(Cl)ccc(N)c1O. The summed E-state index contributed by atoms with van der Waals surface area (Å²) in [5.41, 5.74) is 5.46. The van der Waals surface area contributed by atoms with Crippen LogP contribution in [0.25, 0.3) is 0 Å². The summed E-state index contributed by atoms with van der Waals surface area (Å²) < 4.78 is 25.6. The number of nitrogen functional groups attached to an aromatic ring is 1. The first-order chi connectivity index (χ1) is 7.86. The molecule has 0 aliphatic rings. The monoisotopic (exact) mass is 278 g/mol. The Morgan fingerprint density at radius 2 is 1.88 bits per heavy atom. The van der Waals surface area contributed by atoms with Gasteiger partial charge in [-0.25, -0.2) is 8.42 Å². The third kappa shape index (κ3) is 2.48. The Kier molecular flexibility index (Phi) is 4.24. The summed E-state index contributed by atoms with van der Waals surface area (Å²) in [5.74, 6) is -0.496. The number of benzene rings is 1. The molecule has 0 amide bonds. The van der Waals surface area contributed by atoms with E-state index >= 15 is 0 Å². The van der Waals surface area contributed by atoms with E-state index in [2.05, 4.69) is 0 Å². The van der Waals surface area contributed by atoms with Crippen molar-refractivity contribution in [1.29, 1.82) is 0 Å². The topological polar surface area (TPSA) is 83.6 Å². The molecule has 17 heavy (non-hydrogen) atoms. The summed E-state index contributed by atoms with van der Waals surface area (Å²) in [6, 6.07) is 2.71. The van der Waals surface area contributed by atoms with Gasteiger partial charge in [0.15, 0.2) is 5.75 Å². The summed E-state index contributed by atoms with van der Waals surface area (Å²) >= 11 is 5.82. The molecule has 0 atom stereocenters. The highest BCUT2D eigenvalue weighted by Gasteiger charge is 2.28. The van der Waals surface area contributed by atoms with E-state index in [0.717, 1.165) is 0 Å². The van der Waals surface area contributed by atoms with Gasteiger partial charge in [-0.3, -0.25) is 0 Å². The van der Waals surface area contributed by atoms with Crippen LogP contribution in [0.2, 0.25) is 5.02 Å². The number of phenolic OH excluding ortho intramolecular Hbond substituents is 1. The standard InChI is InChI=1S/C10H15ClN2O3S/c1-3-13(4-2)17(15,16)10-7(11)5-6-8(12)9(10)14/h5-6,14H,3-4,12H2,1-2H3. The van der Waals surface area contributed by atoms with Crippen LogP contribution in [0.3, 0.4) is 0 Å². The average Bonchev–Trinajstić information content (AvgIpc) is 2.25. The first-order valence-electron chi connectivity index (χ1n) is 5.13. The second-order valence-electron chi connectivity index (χ2n) is 3.40. The third-order valence-corrected chi connectivity index (χ3v) is 4.97. The van der Waals surface area contributed by atoms with Gasteiger partial charge in [0.1, 0.15) is 4.90 Å². The number of anilines is 1. The minimum Gasteiger partial charge on any atom is -0.504 e. The number of nitrogens with zero attached hydrogens (tertiary/aromatic N) is 1. The highest BCUT2D eigenvalue weighted by atomic mass is 35.5. The van der Waals surface area contributed by atoms with Crippen LogP contribution in [-0.4, -0.2) is 30.9 Å². The van der Waals surface area contributed by atoms with Gasteiger partial charge in [0.2, 0.25) is 10.0 Å². The Labute approximate surface area is 106 Å². The van der Waals surface area contributed by atoms with Gasteiger partial charge in [-0.15, -0.1) is 0 Å². The summed E-state index contributed by atoms with van der Waals surface area (Å²) in [6.45, 7) is 4.00. The van der Waals surface area contributed by atoms with Crippen molar-refractivity contribution < 1.29 is 13.5 Å². The first-order valence-corrected chi connectivity index (χ1v) is 6.95. The molecule has 0 saturated heterocycles. The lowest BCUT2D eigenvalue weighted by Gasteiger charge is -2.20. The Morgan fingerprint density at radius 3 is 2.35 bits per heavy atom. The maximum Gasteiger partial charge on any atom is 0.248 e. The number of hydrogen-bond donors (Lipinski definition) is 2. The fourth-order valence-corrected chi connectivity index (χ4v) is 3.56. The van der Waals surface area contributed by atoms with Gasteiger partial charge < -0.3 is 10.8 Å². The molecule has 1 aromatic rings. The van der Waals surface area contributed by atoms with E-state index in [1.807, 2.05) is 0 Å². The van der Waals surface area contributed by atoms with Crippen molar-refractivity contribution in [3.05, 3.63) is 17.2 Å². The molecular weight excluding hydrogens is 264 g/mol. The molecule has 0 radical (unpaired) electrons. The van der Waals surface area contributed by atoms with Gasteiger partial charge in [0.05, 0.1) is 10.7 Å². The molecule has 1 aromatic carbocycles. The lowest BCUT2D eigenvalue weighted by Crippen LogP contribution is -2.31. The summed E-state index contributed by atoms with van der Waals surface area (Å²) in [5, 5.41) is 9.70.